The van der Waals surface area contributed by atoms with Crippen molar-refractivity contribution in [2.24, 2.45) is 0 Å². The lowest BCUT2D eigenvalue weighted by molar-refractivity contribution is -0.0392. The summed E-state index contributed by atoms with van der Waals surface area (Å²) in [5.74, 6) is 0. The number of nitrogens with zero attached hydrogens (tertiary/aromatic N) is 1. The fourth-order valence-corrected chi connectivity index (χ4v) is 3.34. The van der Waals surface area contributed by atoms with E-state index in [0.717, 1.165) is 32.8 Å². The molecule has 0 saturated carbocycles. The quantitative estimate of drug-likeness (QED) is 0.757. The highest BCUT2D eigenvalue weighted by Crippen LogP contribution is 2.24. The number of ether oxygens (including phenoxy) is 1. The molecule has 0 bridgehead atoms. The Morgan fingerprint density at radius 1 is 1.35 bits per heavy atom. The van der Waals surface area contributed by atoms with E-state index in [1.165, 1.54) is 38.5 Å². The third-order valence-corrected chi connectivity index (χ3v) is 4.59. The van der Waals surface area contributed by atoms with Gasteiger partial charge in [0.15, 0.2) is 0 Å². The van der Waals surface area contributed by atoms with Crippen LogP contribution in [0.15, 0.2) is 11.6 Å². The Kier molecular flexibility index (Phi) is 7.05. The molecule has 116 valence electrons. The van der Waals surface area contributed by atoms with Crippen LogP contribution in [0.25, 0.3) is 0 Å². The van der Waals surface area contributed by atoms with Crippen LogP contribution in [0.2, 0.25) is 0 Å². The van der Waals surface area contributed by atoms with Gasteiger partial charge in [-0.3, -0.25) is 4.90 Å². The minimum absolute atomic E-state index is 0.333. The van der Waals surface area contributed by atoms with Gasteiger partial charge in [-0.05, 0) is 45.2 Å². The number of morpholine rings is 1. The van der Waals surface area contributed by atoms with E-state index in [2.05, 4.69) is 30.1 Å². The standard InChI is InChI=1S/C17H32N2O/c1-3-11-18-17(15-9-7-5-6-8-10-15)16-14-19(4-2)12-13-20-16/h9,16-18H,3-8,10-14H2,1-2H3. The van der Waals surface area contributed by atoms with E-state index < -0.39 is 0 Å². The second kappa shape index (κ2) is 8.81. The minimum atomic E-state index is 0.333. The highest BCUT2D eigenvalue weighted by molar-refractivity contribution is 5.15. The van der Waals surface area contributed by atoms with Gasteiger partial charge in [0, 0.05) is 13.1 Å². The molecule has 1 aliphatic carbocycles. The largest absolute Gasteiger partial charge is 0.374 e. The molecule has 0 aromatic rings. The zero-order valence-electron chi connectivity index (χ0n) is 13.4. The summed E-state index contributed by atoms with van der Waals surface area (Å²) < 4.78 is 6.12. The molecule has 1 N–H and O–H groups in total. The smallest absolute Gasteiger partial charge is 0.0893 e. The van der Waals surface area contributed by atoms with Gasteiger partial charge in [0.1, 0.15) is 0 Å². The number of nitrogens with one attached hydrogen (secondary N) is 1. The first-order chi connectivity index (χ1) is 9.85. The normalized spacial score (nSPS) is 26.9. The van der Waals surface area contributed by atoms with Crippen LogP contribution < -0.4 is 5.32 Å². The Labute approximate surface area is 124 Å². The molecule has 0 amide bonds. The maximum absolute atomic E-state index is 6.12. The fraction of sp³-hybridized carbons (Fsp3) is 0.882. The Morgan fingerprint density at radius 2 is 2.25 bits per heavy atom. The average molecular weight is 280 g/mol. The van der Waals surface area contributed by atoms with Gasteiger partial charge in [0.05, 0.1) is 18.8 Å². The molecule has 3 nitrogen and oxygen atoms in total. The van der Waals surface area contributed by atoms with E-state index in [1.807, 2.05) is 0 Å². The molecule has 20 heavy (non-hydrogen) atoms. The minimum Gasteiger partial charge on any atom is -0.374 e. The van der Waals surface area contributed by atoms with Gasteiger partial charge in [-0.1, -0.05) is 31.9 Å². The fourth-order valence-electron chi connectivity index (χ4n) is 3.34. The SMILES string of the molecule is CCCNC(C1=CCCCCC1)C1CN(CC)CCO1. The van der Waals surface area contributed by atoms with Crippen molar-refractivity contribution in [1.29, 1.82) is 0 Å². The molecule has 2 unspecified atom stereocenters. The summed E-state index contributed by atoms with van der Waals surface area (Å²) in [5.41, 5.74) is 1.61. The molecule has 0 aromatic carbocycles. The number of hydrogen-bond donors (Lipinski definition) is 1. The predicted molar refractivity (Wildman–Crippen MR) is 85.1 cm³/mol. The first kappa shape index (κ1) is 16.0. The van der Waals surface area contributed by atoms with E-state index in [4.69, 9.17) is 4.74 Å². The lowest BCUT2D eigenvalue weighted by Crippen LogP contribution is -2.53. The lowest BCUT2D eigenvalue weighted by Gasteiger charge is -2.38. The first-order valence-corrected chi connectivity index (χ1v) is 8.61. The van der Waals surface area contributed by atoms with Crippen LogP contribution in [0.1, 0.15) is 52.4 Å². The van der Waals surface area contributed by atoms with Crippen molar-refractivity contribution in [2.75, 3.05) is 32.8 Å². The van der Waals surface area contributed by atoms with Gasteiger partial charge in [-0.15, -0.1) is 0 Å². The van der Waals surface area contributed by atoms with Crippen molar-refractivity contribution in [3.63, 3.8) is 0 Å². The van der Waals surface area contributed by atoms with Gasteiger partial charge in [0.2, 0.25) is 0 Å². The van der Waals surface area contributed by atoms with Crippen LogP contribution in [0.5, 0.6) is 0 Å². The first-order valence-electron chi connectivity index (χ1n) is 8.61. The summed E-state index contributed by atoms with van der Waals surface area (Å²) in [7, 11) is 0. The summed E-state index contributed by atoms with van der Waals surface area (Å²) >= 11 is 0. The number of likely N-dealkylation sites (N-methyl/N-ethyl adjacent to an activating group) is 1. The predicted octanol–water partition coefficient (Wildman–Crippen LogP) is 2.97. The Balaban J connectivity index is 2.03. The molecule has 3 heteroatoms. The summed E-state index contributed by atoms with van der Waals surface area (Å²) in [4.78, 5) is 2.52. The third-order valence-electron chi connectivity index (χ3n) is 4.59. The number of rotatable bonds is 6. The van der Waals surface area contributed by atoms with Crippen LogP contribution in [0.3, 0.4) is 0 Å². The number of hydrogen-bond acceptors (Lipinski definition) is 3. The van der Waals surface area contributed by atoms with E-state index in [0.29, 0.717) is 12.1 Å². The maximum Gasteiger partial charge on any atom is 0.0893 e. The lowest BCUT2D eigenvalue weighted by atomic mass is 9.95. The zero-order valence-corrected chi connectivity index (χ0v) is 13.4. The summed E-state index contributed by atoms with van der Waals surface area (Å²) in [6.45, 7) is 9.78. The molecule has 0 radical (unpaired) electrons. The second-order valence-electron chi connectivity index (χ2n) is 6.11. The second-order valence-corrected chi connectivity index (χ2v) is 6.11. The summed E-state index contributed by atoms with van der Waals surface area (Å²) in [5, 5.41) is 3.76. The van der Waals surface area contributed by atoms with Crippen LogP contribution in [-0.2, 0) is 4.74 Å². The van der Waals surface area contributed by atoms with E-state index >= 15 is 0 Å². The van der Waals surface area contributed by atoms with E-state index in [1.54, 1.807) is 5.57 Å². The van der Waals surface area contributed by atoms with Gasteiger partial charge < -0.3 is 10.1 Å². The topological polar surface area (TPSA) is 24.5 Å². The zero-order chi connectivity index (χ0) is 14.2. The van der Waals surface area contributed by atoms with Crippen molar-refractivity contribution in [1.82, 2.24) is 10.2 Å². The van der Waals surface area contributed by atoms with Crippen molar-refractivity contribution < 1.29 is 4.74 Å². The monoisotopic (exact) mass is 280 g/mol. The van der Waals surface area contributed by atoms with Gasteiger partial charge in [-0.25, -0.2) is 0 Å². The van der Waals surface area contributed by atoms with Crippen molar-refractivity contribution in [3.8, 4) is 0 Å². The van der Waals surface area contributed by atoms with Crippen molar-refractivity contribution >= 4 is 0 Å². The van der Waals surface area contributed by atoms with E-state index in [-0.39, 0.29) is 0 Å². The molecule has 2 rings (SSSR count). The van der Waals surface area contributed by atoms with Crippen LogP contribution in [-0.4, -0.2) is 49.8 Å². The molecule has 1 fully saturated rings. The van der Waals surface area contributed by atoms with Crippen LogP contribution >= 0.6 is 0 Å². The molecule has 1 heterocycles. The Hall–Kier alpha value is -0.380. The molecular weight excluding hydrogens is 248 g/mol. The highest BCUT2D eigenvalue weighted by atomic mass is 16.5. The molecule has 0 spiro atoms. The Morgan fingerprint density at radius 3 is 3.05 bits per heavy atom. The highest BCUT2D eigenvalue weighted by Gasteiger charge is 2.29. The van der Waals surface area contributed by atoms with E-state index in [9.17, 15) is 0 Å². The van der Waals surface area contributed by atoms with Gasteiger partial charge in [-0.2, -0.15) is 0 Å². The Bertz CT molecular complexity index is 303. The molecule has 1 aliphatic heterocycles. The molecular formula is C17H32N2O. The number of allylic oxidation sites excluding steroid dienone is 1. The summed E-state index contributed by atoms with van der Waals surface area (Å²) in [6.07, 6.45) is 10.6. The molecule has 0 aromatic heterocycles. The van der Waals surface area contributed by atoms with Crippen molar-refractivity contribution in [2.45, 2.75) is 64.5 Å². The average Bonchev–Trinajstić information content (AvgIpc) is 2.77. The molecule has 2 aliphatic rings. The van der Waals surface area contributed by atoms with Crippen LogP contribution in [0, 0.1) is 0 Å². The van der Waals surface area contributed by atoms with Gasteiger partial charge >= 0.3 is 0 Å². The van der Waals surface area contributed by atoms with Gasteiger partial charge in [0.25, 0.3) is 0 Å². The molecule has 1 saturated heterocycles. The summed E-state index contributed by atoms with van der Waals surface area (Å²) in [6, 6.07) is 0.433. The molecule has 2 atom stereocenters. The van der Waals surface area contributed by atoms with Crippen LogP contribution in [0.4, 0.5) is 0 Å². The van der Waals surface area contributed by atoms with Crippen molar-refractivity contribution in [3.05, 3.63) is 11.6 Å². The third kappa shape index (κ3) is 4.57. The maximum atomic E-state index is 6.12.